The molecule has 0 aliphatic carbocycles. The number of hydrogen-bond donors (Lipinski definition) is 1. The summed E-state index contributed by atoms with van der Waals surface area (Å²) in [5.41, 5.74) is 1.47. The predicted octanol–water partition coefficient (Wildman–Crippen LogP) is 5.59. The van der Waals surface area contributed by atoms with Gasteiger partial charge in [-0.3, -0.25) is 0 Å². The summed E-state index contributed by atoms with van der Waals surface area (Å²) in [6.45, 7) is 4.31. The zero-order chi connectivity index (χ0) is 15.5. The molecule has 0 atom stereocenters. The first-order valence-electron chi connectivity index (χ1n) is 6.21. The van der Waals surface area contributed by atoms with Crippen LogP contribution in [0.1, 0.15) is 11.1 Å². The molecule has 0 saturated carbocycles. The van der Waals surface area contributed by atoms with Crippen LogP contribution in [0.2, 0.25) is 0 Å². The van der Waals surface area contributed by atoms with E-state index in [9.17, 15) is 13.2 Å². The van der Waals surface area contributed by atoms with E-state index >= 15 is 0 Å². The van der Waals surface area contributed by atoms with Crippen LogP contribution < -0.4 is 5.32 Å². The molecule has 0 bridgehead atoms. The van der Waals surface area contributed by atoms with Crippen molar-refractivity contribution in [1.29, 1.82) is 0 Å². The van der Waals surface area contributed by atoms with Gasteiger partial charge in [-0.1, -0.05) is 52.8 Å². The molecule has 5 heteroatoms. The largest absolute Gasteiger partial charge is 0.416 e. The molecule has 0 unspecified atom stereocenters. The van der Waals surface area contributed by atoms with E-state index in [1.807, 2.05) is 30.3 Å². The van der Waals surface area contributed by atoms with Crippen LogP contribution in [0.25, 0.3) is 5.57 Å². The average molecular weight is 356 g/mol. The molecule has 2 rings (SSSR count). The molecule has 0 radical (unpaired) electrons. The summed E-state index contributed by atoms with van der Waals surface area (Å²) in [5, 5.41) is 2.97. The van der Waals surface area contributed by atoms with E-state index in [1.54, 1.807) is 6.07 Å². The summed E-state index contributed by atoms with van der Waals surface area (Å²) in [6.07, 6.45) is -4.36. The van der Waals surface area contributed by atoms with Crippen molar-refractivity contribution in [2.45, 2.75) is 6.18 Å². The third-order valence-electron chi connectivity index (χ3n) is 2.91. The first-order chi connectivity index (χ1) is 9.86. The van der Waals surface area contributed by atoms with Crippen molar-refractivity contribution in [3.05, 3.63) is 70.7 Å². The molecule has 0 amide bonds. The van der Waals surface area contributed by atoms with Gasteiger partial charge in [0, 0.05) is 16.7 Å². The SMILES string of the molecule is C=C(CNc1cc(Br)cc(C(F)(F)F)c1)c1ccccc1. The van der Waals surface area contributed by atoms with Crippen LogP contribution in [0, 0.1) is 0 Å². The van der Waals surface area contributed by atoms with Gasteiger partial charge in [0.1, 0.15) is 0 Å². The third-order valence-corrected chi connectivity index (χ3v) is 3.37. The summed E-state index contributed by atoms with van der Waals surface area (Å²) >= 11 is 3.09. The van der Waals surface area contributed by atoms with Gasteiger partial charge in [0.2, 0.25) is 0 Å². The van der Waals surface area contributed by atoms with Gasteiger partial charge in [-0.15, -0.1) is 0 Å². The maximum atomic E-state index is 12.7. The number of benzene rings is 2. The normalized spacial score (nSPS) is 11.2. The van der Waals surface area contributed by atoms with Gasteiger partial charge in [-0.05, 0) is 29.3 Å². The number of nitrogens with one attached hydrogen (secondary N) is 1. The van der Waals surface area contributed by atoms with Crippen molar-refractivity contribution in [3.8, 4) is 0 Å². The van der Waals surface area contributed by atoms with Crippen molar-refractivity contribution < 1.29 is 13.2 Å². The fraction of sp³-hybridized carbons (Fsp3) is 0.125. The lowest BCUT2D eigenvalue weighted by molar-refractivity contribution is -0.137. The molecule has 0 heterocycles. The highest BCUT2D eigenvalue weighted by atomic mass is 79.9. The molecule has 2 aromatic carbocycles. The lowest BCUT2D eigenvalue weighted by Crippen LogP contribution is -2.08. The van der Waals surface area contributed by atoms with Gasteiger partial charge in [0.15, 0.2) is 0 Å². The standard InChI is InChI=1S/C16H13BrF3N/c1-11(12-5-3-2-4-6-12)10-21-15-8-13(16(18,19)20)7-14(17)9-15/h2-9,21H,1,10H2. The lowest BCUT2D eigenvalue weighted by atomic mass is 10.1. The zero-order valence-corrected chi connectivity index (χ0v) is 12.6. The van der Waals surface area contributed by atoms with Crippen LogP contribution >= 0.6 is 15.9 Å². The monoisotopic (exact) mass is 355 g/mol. The van der Waals surface area contributed by atoms with Crippen LogP contribution in [0.3, 0.4) is 0 Å². The van der Waals surface area contributed by atoms with Crippen LogP contribution in [0.4, 0.5) is 18.9 Å². The van der Waals surface area contributed by atoms with E-state index < -0.39 is 11.7 Å². The Morgan fingerprint density at radius 1 is 1.10 bits per heavy atom. The van der Waals surface area contributed by atoms with Gasteiger partial charge in [0.05, 0.1) is 5.56 Å². The quantitative estimate of drug-likeness (QED) is 0.753. The highest BCUT2D eigenvalue weighted by Crippen LogP contribution is 2.33. The highest BCUT2D eigenvalue weighted by molar-refractivity contribution is 9.10. The smallest absolute Gasteiger partial charge is 0.381 e. The van der Waals surface area contributed by atoms with Gasteiger partial charge >= 0.3 is 6.18 Å². The number of anilines is 1. The predicted molar refractivity (Wildman–Crippen MR) is 83.1 cm³/mol. The maximum Gasteiger partial charge on any atom is 0.416 e. The minimum Gasteiger partial charge on any atom is -0.381 e. The van der Waals surface area contributed by atoms with Crippen molar-refractivity contribution in [3.63, 3.8) is 0 Å². The van der Waals surface area contributed by atoms with E-state index in [-0.39, 0.29) is 0 Å². The van der Waals surface area contributed by atoms with Crippen LogP contribution in [-0.2, 0) is 6.18 Å². The Kier molecular flexibility index (Phi) is 4.73. The van der Waals surface area contributed by atoms with Crippen LogP contribution in [0.5, 0.6) is 0 Å². The highest BCUT2D eigenvalue weighted by Gasteiger charge is 2.31. The Morgan fingerprint density at radius 3 is 2.38 bits per heavy atom. The minimum atomic E-state index is -4.36. The van der Waals surface area contributed by atoms with E-state index in [1.165, 1.54) is 0 Å². The summed E-state index contributed by atoms with van der Waals surface area (Å²) < 4.78 is 38.6. The molecule has 110 valence electrons. The second-order valence-electron chi connectivity index (χ2n) is 4.55. The van der Waals surface area contributed by atoms with Crippen molar-refractivity contribution in [2.24, 2.45) is 0 Å². The molecule has 0 aliphatic rings. The fourth-order valence-electron chi connectivity index (χ4n) is 1.84. The average Bonchev–Trinajstić information content (AvgIpc) is 2.44. The van der Waals surface area contributed by atoms with Gasteiger partial charge in [-0.25, -0.2) is 0 Å². The minimum absolute atomic E-state index is 0.373. The zero-order valence-electron chi connectivity index (χ0n) is 11.0. The van der Waals surface area contributed by atoms with Gasteiger partial charge in [0.25, 0.3) is 0 Å². The third kappa shape index (κ3) is 4.36. The molecule has 0 fully saturated rings. The Morgan fingerprint density at radius 2 is 1.76 bits per heavy atom. The topological polar surface area (TPSA) is 12.0 Å². The van der Waals surface area contributed by atoms with Crippen molar-refractivity contribution >= 4 is 27.2 Å². The molecule has 0 saturated heterocycles. The molecular weight excluding hydrogens is 343 g/mol. The van der Waals surface area contributed by atoms with Crippen molar-refractivity contribution in [2.75, 3.05) is 11.9 Å². The fourth-order valence-corrected chi connectivity index (χ4v) is 2.33. The van der Waals surface area contributed by atoms with E-state index in [0.29, 0.717) is 16.7 Å². The number of alkyl halides is 3. The van der Waals surface area contributed by atoms with Crippen LogP contribution in [-0.4, -0.2) is 6.54 Å². The van der Waals surface area contributed by atoms with Crippen LogP contribution in [0.15, 0.2) is 59.6 Å². The molecule has 1 N–H and O–H groups in total. The van der Waals surface area contributed by atoms with Crippen molar-refractivity contribution in [1.82, 2.24) is 0 Å². The first-order valence-corrected chi connectivity index (χ1v) is 7.00. The van der Waals surface area contributed by atoms with E-state index in [2.05, 4.69) is 27.8 Å². The number of rotatable bonds is 4. The molecule has 1 nitrogen and oxygen atoms in total. The molecular formula is C16H13BrF3N. The van der Waals surface area contributed by atoms with Gasteiger partial charge < -0.3 is 5.32 Å². The Bertz CT molecular complexity index is 636. The molecule has 0 aromatic heterocycles. The first kappa shape index (κ1) is 15.6. The van der Waals surface area contributed by atoms with E-state index in [0.717, 1.165) is 23.3 Å². The summed E-state index contributed by atoms with van der Waals surface area (Å²) in [5.74, 6) is 0. The second-order valence-corrected chi connectivity index (χ2v) is 5.47. The Labute approximate surface area is 129 Å². The van der Waals surface area contributed by atoms with Gasteiger partial charge in [-0.2, -0.15) is 13.2 Å². The summed E-state index contributed by atoms with van der Waals surface area (Å²) in [6, 6.07) is 13.2. The Balaban J connectivity index is 2.10. The molecule has 21 heavy (non-hydrogen) atoms. The van der Waals surface area contributed by atoms with E-state index in [4.69, 9.17) is 0 Å². The number of halogens is 4. The lowest BCUT2D eigenvalue weighted by Gasteiger charge is -2.13. The number of hydrogen-bond acceptors (Lipinski definition) is 1. The molecule has 0 aliphatic heterocycles. The molecule has 0 spiro atoms. The Hall–Kier alpha value is -1.75. The molecule has 2 aromatic rings. The second kappa shape index (κ2) is 6.35. The summed E-state index contributed by atoms with van der Waals surface area (Å²) in [7, 11) is 0. The maximum absolute atomic E-state index is 12.7. The summed E-state index contributed by atoms with van der Waals surface area (Å²) in [4.78, 5) is 0.